The average Bonchev–Trinajstić information content (AvgIpc) is 2.42. The number of Topliss-reactive ketones (excluding diaryl/α,β-unsaturated/α-hetero) is 1. The van der Waals surface area contributed by atoms with E-state index in [9.17, 15) is 9.59 Å². The van der Waals surface area contributed by atoms with Crippen LogP contribution in [0, 0.1) is 0 Å². The lowest BCUT2D eigenvalue weighted by molar-refractivity contribution is -0.128. The molecule has 1 N–H and O–H groups in total. The minimum atomic E-state index is 0.0232. The zero-order valence-electron chi connectivity index (χ0n) is 11.9. The van der Waals surface area contributed by atoms with Gasteiger partial charge in [-0.1, -0.05) is 25.5 Å². The molecule has 0 aromatic heterocycles. The van der Waals surface area contributed by atoms with Crippen molar-refractivity contribution in [3.05, 3.63) is 29.8 Å². The van der Waals surface area contributed by atoms with Gasteiger partial charge in [0.1, 0.15) is 0 Å². The molecule has 0 aliphatic carbocycles. The van der Waals surface area contributed by atoms with Crippen LogP contribution in [0.5, 0.6) is 0 Å². The molecule has 0 fully saturated rings. The second-order valence-electron chi connectivity index (χ2n) is 4.66. The molecule has 0 atom stereocenters. The van der Waals surface area contributed by atoms with Crippen LogP contribution in [-0.4, -0.2) is 36.7 Å². The highest BCUT2D eigenvalue weighted by Crippen LogP contribution is 2.10. The summed E-state index contributed by atoms with van der Waals surface area (Å²) < 4.78 is 0. The van der Waals surface area contributed by atoms with Crippen LogP contribution in [0.3, 0.4) is 0 Å². The normalized spacial score (nSPS) is 10.1. The van der Waals surface area contributed by atoms with Crippen molar-refractivity contribution in [3.8, 4) is 0 Å². The maximum atomic E-state index is 11.8. The highest BCUT2D eigenvalue weighted by atomic mass is 16.2. The smallest absolute Gasteiger partial charge is 0.241 e. The van der Waals surface area contributed by atoms with Crippen LogP contribution in [0.15, 0.2) is 24.3 Å². The molecule has 1 aromatic carbocycles. The Bertz CT molecular complexity index is 444. The highest BCUT2D eigenvalue weighted by molar-refractivity contribution is 5.95. The van der Waals surface area contributed by atoms with Crippen LogP contribution in [0.25, 0.3) is 0 Å². The van der Waals surface area contributed by atoms with Gasteiger partial charge >= 0.3 is 0 Å². The van der Waals surface area contributed by atoms with Crippen LogP contribution >= 0.6 is 0 Å². The summed E-state index contributed by atoms with van der Waals surface area (Å²) in [5, 5.41) is 3.05. The summed E-state index contributed by atoms with van der Waals surface area (Å²) in [6.07, 6.45) is 2.09. The number of nitrogens with zero attached hydrogens (tertiary/aromatic N) is 1. The zero-order valence-corrected chi connectivity index (χ0v) is 11.9. The molecule has 19 heavy (non-hydrogen) atoms. The van der Waals surface area contributed by atoms with Crippen LogP contribution in [-0.2, 0) is 4.79 Å². The summed E-state index contributed by atoms with van der Waals surface area (Å²) in [6.45, 7) is 4.67. The topological polar surface area (TPSA) is 49.4 Å². The Kier molecular flexibility index (Phi) is 6.06. The first-order chi connectivity index (χ1) is 9.04. The summed E-state index contributed by atoms with van der Waals surface area (Å²) >= 11 is 0. The van der Waals surface area contributed by atoms with E-state index in [1.165, 1.54) is 6.92 Å². The molecule has 0 aliphatic rings. The van der Waals surface area contributed by atoms with Gasteiger partial charge in [0.05, 0.1) is 6.54 Å². The third kappa shape index (κ3) is 5.12. The molecule has 1 rings (SSSR count). The number of benzene rings is 1. The summed E-state index contributed by atoms with van der Waals surface area (Å²) in [5.74, 6) is 0.0803. The van der Waals surface area contributed by atoms with Crippen LogP contribution < -0.4 is 5.32 Å². The van der Waals surface area contributed by atoms with E-state index in [0.717, 1.165) is 25.1 Å². The van der Waals surface area contributed by atoms with E-state index in [-0.39, 0.29) is 18.2 Å². The Morgan fingerprint density at radius 1 is 1.32 bits per heavy atom. The van der Waals surface area contributed by atoms with Gasteiger partial charge < -0.3 is 10.2 Å². The van der Waals surface area contributed by atoms with Gasteiger partial charge in [0.15, 0.2) is 5.78 Å². The SMILES string of the molecule is CCCCN(C)C(=O)CNc1cccc(C(C)=O)c1. The van der Waals surface area contributed by atoms with Crippen molar-refractivity contribution < 1.29 is 9.59 Å². The van der Waals surface area contributed by atoms with Crippen LogP contribution in [0.4, 0.5) is 5.69 Å². The largest absolute Gasteiger partial charge is 0.376 e. The molecule has 0 aliphatic heterocycles. The average molecular weight is 262 g/mol. The number of nitrogens with one attached hydrogen (secondary N) is 1. The van der Waals surface area contributed by atoms with E-state index < -0.39 is 0 Å². The van der Waals surface area contributed by atoms with Crippen molar-refractivity contribution in [2.24, 2.45) is 0 Å². The van der Waals surface area contributed by atoms with Crippen molar-refractivity contribution in [2.45, 2.75) is 26.7 Å². The second-order valence-corrected chi connectivity index (χ2v) is 4.66. The van der Waals surface area contributed by atoms with E-state index in [0.29, 0.717) is 5.56 Å². The number of ketones is 1. The van der Waals surface area contributed by atoms with Gasteiger partial charge in [0.2, 0.25) is 5.91 Å². The molecule has 0 saturated carbocycles. The standard InChI is InChI=1S/C15H22N2O2/c1-4-5-9-17(3)15(19)11-16-14-8-6-7-13(10-14)12(2)18/h6-8,10,16H,4-5,9,11H2,1-3H3. The molecule has 4 heteroatoms. The Morgan fingerprint density at radius 2 is 2.05 bits per heavy atom. The minimum absolute atomic E-state index is 0.0232. The first kappa shape index (κ1) is 15.2. The molecule has 0 bridgehead atoms. The summed E-state index contributed by atoms with van der Waals surface area (Å²) in [6, 6.07) is 7.19. The van der Waals surface area contributed by atoms with Gasteiger partial charge in [-0.3, -0.25) is 9.59 Å². The highest BCUT2D eigenvalue weighted by Gasteiger charge is 2.08. The number of rotatable bonds is 7. The molecule has 1 amide bonds. The van der Waals surface area contributed by atoms with Crippen molar-refractivity contribution in [3.63, 3.8) is 0 Å². The number of carbonyl (C=O) groups excluding carboxylic acids is 2. The number of hydrogen-bond donors (Lipinski definition) is 1. The molecule has 0 unspecified atom stereocenters. The number of carbonyl (C=O) groups is 2. The molecule has 0 radical (unpaired) electrons. The molecule has 0 spiro atoms. The number of hydrogen-bond acceptors (Lipinski definition) is 3. The van der Waals surface area contributed by atoms with E-state index in [1.807, 2.05) is 19.2 Å². The predicted octanol–water partition coefficient (Wildman–Crippen LogP) is 2.56. The number of likely N-dealkylation sites (N-methyl/N-ethyl adjacent to an activating group) is 1. The fourth-order valence-electron chi connectivity index (χ4n) is 1.68. The fraction of sp³-hybridized carbons (Fsp3) is 0.467. The van der Waals surface area contributed by atoms with Crippen molar-refractivity contribution >= 4 is 17.4 Å². The van der Waals surface area contributed by atoms with Gasteiger partial charge in [-0.05, 0) is 25.5 Å². The Hall–Kier alpha value is -1.84. The zero-order chi connectivity index (χ0) is 14.3. The third-order valence-corrected chi connectivity index (χ3v) is 2.99. The summed E-state index contributed by atoms with van der Waals surface area (Å²) in [5.41, 5.74) is 1.45. The van der Waals surface area contributed by atoms with Gasteiger partial charge in [-0.2, -0.15) is 0 Å². The monoisotopic (exact) mass is 262 g/mol. The molecular formula is C15H22N2O2. The van der Waals surface area contributed by atoms with Gasteiger partial charge in [0, 0.05) is 24.8 Å². The van der Waals surface area contributed by atoms with Gasteiger partial charge in [0.25, 0.3) is 0 Å². The fourth-order valence-corrected chi connectivity index (χ4v) is 1.68. The lowest BCUT2D eigenvalue weighted by Crippen LogP contribution is -2.32. The third-order valence-electron chi connectivity index (χ3n) is 2.99. The van der Waals surface area contributed by atoms with E-state index in [2.05, 4.69) is 12.2 Å². The second kappa shape index (κ2) is 7.56. The van der Waals surface area contributed by atoms with Crippen molar-refractivity contribution in [1.29, 1.82) is 0 Å². The van der Waals surface area contributed by atoms with Gasteiger partial charge in [-0.15, -0.1) is 0 Å². The maximum absolute atomic E-state index is 11.8. The lowest BCUT2D eigenvalue weighted by atomic mass is 10.1. The Labute approximate surface area is 114 Å². The summed E-state index contributed by atoms with van der Waals surface area (Å²) in [7, 11) is 1.81. The summed E-state index contributed by atoms with van der Waals surface area (Å²) in [4.78, 5) is 24.8. The number of unbranched alkanes of at least 4 members (excludes halogenated alkanes) is 1. The van der Waals surface area contributed by atoms with Crippen molar-refractivity contribution in [2.75, 3.05) is 25.5 Å². The Morgan fingerprint density at radius 3 is 2.68 bits per heavy atom. The van der Waals surface area contributed by atoms with Crippen molar-refractivity contribution in [1.82, 2.24) is 4.90 Å². The van der Waals surface area contributed by atoms with Crippen LogP contribution in [0.1, 0.15) is 37.0 Å². The predicted molar refractivity (Wildman–Crippen MR) is 77.5 cm³/mol. The molecule has 104 valence electrons. The molecule has 4 nitrogen and oxygen atoms in total. The quantitative estimate of drug-likeness (QED) is 0.768. The molecule has 0 heterocycles. The molecule has 1 aromatic rings. The molecular weight excluding hydrogens is 240 g/mol. The molecule has 0 saturated heterocycles. The lowest BCUT2D eigenvalue weighted by Gasteiger charge is -2.17. The van der Waals surface area contributed by atoms with E-state index in [1.54, 1.807) is 17.0 Å². The van der Waals surface area contributed by atoms with Gasteiger partial charge in [-0.25, -0.2) is 0 Å². The first-order valence-corrected chi connectivity index (χ1v) is 6.63. The number of amides is 1. The van der Waals surface area contributed by atoms with E-state index in [4.69, 9.17) is 0 Å². The van der Waals surface area contributed by atoms with Crippen LogP contribution in [0.2, 0.25) is 0 Å². The maximum Gasteiger partial charge on any atom is 0.241 e. The first-order valence-electron chi connectivity index (χ1n) is 6.63. The minimum Gasteiger partial charge on any atom is -0.376 e. The van der Waals surface area contributed by atoms with E-state index >= 15 is 0 Å². The Balaban J connectivity index is 2.50. The number of anilines is 1.